The summed E-state index contributed by atoms with van der Waals surface area (Å²) in [5, 5.41) is 0. The summed E-state index contributed by atoms with van der Waals surface area (Å²) in [6.45, 7) is 8.46. The van der Waals surface area contributed by atoms with Gasteiger partial charge in [-0.25, -0.2) is 0 Å². The molecule has 0 saturated heterocycles. The molecule has 0 aliphatic heterocycles. The van der Waals surface area contributed by atoms with Crippen molar-refractivity contribution in [2.45, 2.75) is 32.7 Å². The molecule has 2 N–H and O–H groups in total. The normalized spacial score (nSPS) is 12.2. The van der Waals surface area contributed by atoms with Crippen molar-refractivity contribution in [3.8, 4) is 5.75 Å². The number of hydrogen-bond acceptors (Lipinski definition) is 2. The third-order valence-electron chi connectivity index (χ3n) is 2.53. The van der Waals surface area contributed by atoms with Gasteiger partial charge in [0.05, 0.1) is 6.61 Å². The highest BCUT2D eigenvalue weighted by molar-refractivity contribution is 5.37. The second kappa shape index (κ2) is 6.33. The van der Waals surface area contributed by atoms with Crippen LogP contribution in [0.25, 0.3) is 0 Å². The fourth-order valence-corrected chi connectivity index (χ4v) is 1.53. The van der Waals surface area contributed by atoms with Crippen molar-refractivity contribution in [1.29, 1.82) is 0 Å². The Labute approximate surface area is 98.1 Å². The smallest absolute Gasteiger partial charge is 0.122 e. The van der Waals surface area contributed by atoms with E-state index in [1.54, 1.807) is 0 Å². The lowest BCUT2D eigenvalue weighted by atomic mass is 10.1. The Morgan fingerprint density at radius 1 is 1.50 bits per heavy atom. The van der Waals surface area contributed by atoms with Crippen molar-refractivity contribution in [3.05, 3.63) is 42.0 Å². The van der Waals surface area contributed by atoms with Gasteiger partial charge < -0.3 is 10.5 Å². The van der Waals surface area contributed by atoms with Gasteiger partial charge in [-0.15, -0.1) is 6.58 Å². The standard InChI is InChI=1S/C14H21NO/c1-4-5-6-9-16-14-8-7-13(12(3)15)10-11(14)2/h4,7-8,10,12H,1,5-6,9,15H2,2-3H3/t12-/m1/s1. The maximum atomic E-state index is 5.82. The summed E-state index contributed by atoms with van der Waals surface area (Å²) < 4.78 is 5.68. The van der Waals surface area contributed by atoms with Crippen molar-refractivity contribution < 1.29 is 4.74 Å². The van der Waals surface area contributed by atoms with E-state index >= 15 is 0 Å². The van der Waals surface area contributed by atoms with E-state index in [9.17, 15) is 0 Å². The van der Waals surface area contributed by atoms with E-state index in [1.165, 1.54) is 0 Å². The Balaban J connectivity index is 2.57. The van der Waals surface area contributed by atoms with Crippen molar-refractivity contribution in [3.63, 3.8) is 0 Å². The molecule has 0 spiro atoms. The SMILES string of the molecule is C=CCCCOc1ccc([C@@H](C)N)cc1C. The fraction of sp³-hybridized carbons (Fsp3) is 0.429. The van der Waals surface area contributed by atoms with Crippen LogP contribution in [-0.4, -0.2) is 6.61 Å². The highest BCUT2D eigenvalue weighted by Crippen LogP contribution is 2.22. The first kappa shape index (κ1) is 12.8. The largest absolute Gasteiger partial charge is 0.493 e. The molecule has 1 aromatic rings. The van der Waals surface area contributed by atoms with E-state index < -0.39 is 0 Å². The highest BCUT2D eigenvalue weighted by Gasteiger charge is 2.03. The summed E-state index contributed by atoms with van der Waals surface area (Å²) in [5.74, 6) is 0.952. The average molecular weight is 219 g/mol. The zero-order chi connectivity index (χ0) is 12.0. The van der Waals surface area contributed by atoms with Crippen LogP contribution in [0.3, 0.4) is 0 Å². The van der Waals surface area contributed by atoms with Gasteiger partial charge in [-0.2, -0.15) is 0 Å². The van der Waals surface area contributed by atoms with Gasteiger partial charge in [0, 0.05) is 6.04 Å². The number of rotatable bonds is 6. The molecule has 1 aromatic carbocycles. The molecule has 0 aliphatic carbocycles. The van der Waals surface area contributed by atoms with Gasteiger partial charge in [0.2, 0.25) is 0 Å². The van der Waals surface area contributed by atoms with Gasteiger partial charge in [0.25, 0.3) is 0 Å². The van der Waals surface area contributed by atoms with E-state index in [4.69, 9.17) is 10.5 Å². The Bertz CT molecular complexity index is 345. The van der Waals surface area contributed by atoms with Crippen LogP contribution >= 0.6 is 0 Å². The molecule has 16 heavy (non-hydrogen) atoms. The molecular formula is C14H21NO. The van der Waals surface area contributed by atoms with Crippen LogP contribution in [0.4, 0.5) is 0 Å². The minimum absolute atomic E-state index is 0.0773. The second-order valence-electron chi connectivity index (χ2n) is 4.09. The molecule has 1 atom stereocenters. The number of benzene rings is 1. The number of unbranched alkanes of at least 4 members (excludes halogenated alkanes) is 1. The fourth-order valence-electron chi connectivity index (χ4n) is 1.53. The lowest BCUT2D eigenvalue weighted by Gasteiger charge is -2.12. The minimum atomic E-state index is 0.0773. The Morgan fingerprint density at radius 2 is 2.25 bits per heavy atom. The van der Waals surface area contributed by atoms with Crippen LogP contribution < -0.4 is 10.5 Å². The number of hydrogen-bond donors (Lipinski definition) is 1. The number of ether oxygens (including phenoxy) is 1. The van der Waals surface area contributed by atoms with Crippen molar-refractivity contribution in [2.24, 2.45) is 5.73 Å². The summed E-state index contributed by atoms with van der Waals surface area (Å²) in [6, 6.07) is 6.20. The first-order valence-corrected chi connectivity index (χ1v) is 5.75. The van der Waals surface area contributed by atoms with Crippen LogP contribution in [0.2, 0.25) is 0 Å². The first-order chi connectivity index (χ1) is 7.65. The zero-order valence-electron chi connectivity index (χ0n) is 10.2. The highest BCUT2D eigenvalue weighted by atomic mass is 16.5. The van der Waals surface area contributed by atoms with Gasteiger partial charge in [0.1, 0.15) is 5.75 Å². The van der Waals surface area contributed by atoms with E-state index in [2.05, 4.69) is 19.6 Å². The number of aryl methyl sites for hydroxylation is 1. The first-order valence-electron chi connectivity index (χ1n) is 5.75. The van der Waals surface area contributed by atoms with Crippen LogP contribution in [0.15, 0.2) is 30.9 Å². The Kier molecular flexibility index (Phi) is 5.06. The van der Waals surface area contributed by atoms with Crippen molar-refractivity contribution in [2.75, 3.05) is 6.61 Å². The monoisotopic (exact) mass is 219 g/mol. The molecular weight excluding hydrogens is 198 g/mol. The van der Waals surface area contributed by atoms with E-state index in [0.717, 1.165) is 36.3 Å². The molecule has 0 amide bonds. The zero-order valence-corrected chi connectivity index (χ0v) is 10.2. The van der Waals surface area contributed by atoms with Crippen LogP contribution in [-0.2, 0) is 0 Å². The maximum Gasteiger partial charge on any atom is 0.122 e. The van der Waals surface area contributed by atoms with Gasteiger partial charge in [-0.3, -0.25) is 0 Å². The molecule has 0 saturated carbocycles. The summed E-state index contributed by atoms with van der Waals surface area (Å²) in [5.41, 5.74) is 8.12. The third kappa shape index (κ3) is 3.70. The molecule has 0 unspecified atom stereocenters. The Hall–Kier alpha value is -1.28. The topological polar surface area (TPSA) is 35.2 Å². The van der Waals surface area contributed by atoms with Gasteiger partial charge in [-0.05, 0) is 43.9 Å². The second-order valence-corrected chi connectivity index (χ2v) is 4.09. The van der Waals surface area contributed by atoms with E-state index in [1.807, 2.05) is 25.1 Å². The summed E-state index contributed by atoms with van der Waals surface area (Å²) in [6.07, 6.45) is 3.92. The van der Waals surface area contributed by atoms with Crippen LogP contribution in [0, 0.1) is 6.92 Å². The van der Waals surface area contributed by atoms with Gasteiger partial charge >= 0.3 is 0 Å². The van der Waals surface area contributed by atoms with Gasteiger partial charge in [-0.1, -0.05) is 18.2 Å². The number of nitrogens with two attached hydrogens (primary N) is 1. The van der Waals surface area contributed by atoms with Crippen molar-refractivity contribution >= 4 is 0 Å². The van der Waals surface area contributed by atoms with E-state index in [-0.39, 0.29) is 6.04 Å². The molecule has 0 bridgehead atoms. The number of allylic oxidation sites excluding steroid dienone is 1. The predicted octanol–water partition coefficient (Wildman–Crippen LogP) is 3.36. The summed E-state index contributed by atoms with van der Waals surface area (Å²) >= 11 is 0. The lowest BCUT2D eigenvalue weighted by Crippen LogP contribution is -2.06. The van der Waals surface area contributed by atoms with Crippen LogP contribution in [0.1, 0.15) is 36.9 Å². The summed E-state index contributed by atoms with van der Waals surface area (Å²) in [7, 11) is 0. The molecule has 0 aliphatic rings. The molecule has 1 rings (SSSR count). The van der Waals surface area contributed by atoms with Crippen molar-refractivity contribution in [1.82, 2.24) is 0 Å². The average Bonchev–Trinajstić information content (AvgIpc) is 2.26. The summed E-state index contributed by atoms with van der Waals surface area (Å²) in [4.78, 5) is 0. The minimum Gasteiger partial charge on any atom is -0.493 e. The molecule has 0 heterocycles. The molecule has 0 aromatic heterocycles. The van der Waals surface area contributed by atoms with E-state index in [0.29, 0.717) is 0 Å². The lowest BCUT2D eigenvalue weighted by molar-refractivity contribution is 0.310. The third-order valence-corrected chi connectivity index (χ3v) is 2.53. The van der Waals surface area contributed by atoms with Crippen LogP contribution in [0.5, 0.6) is 5.75 Å². The molecule has 0 radical (unpaired) electrons. The molecule has 0 fully saturated rings. The maximum absolute atomic E-state index is 5.82. The van der Waals surface area contributed by atoms with Gasteiger partial charge in [0.15, 0.2) is 0 Å². The molecule has 2 heteroatoms. The predicted molar refractivity (Wildman–Crippen MR) is 68.7 cm³/mol. The molecule has 88 valence electrons. The Morgan fingerprint density at radius 3 is 2.81 bits per heavy atom. The molecule has 2 nitrogen and oxygen atoms in total. The quantitative estimate of drug-likeness (QED) is 0.588.